The quantitative estimate of drug-likeness (QED) is 0.638. The summed E-state index contributed by atoms with van der Waals surface area (Å²) in [5.74, 6) is 0. The Bertz CT molecular complexity index is 1130. The Kier molecular flexibility index (Phi) is 5.41. The monoisotopic (exact) mass is 396 g/mol. The zero-order chi connectivity index (χ0) is 20.4. The summed E-state index contributed by atoms with van der Waals surface area (Å²) in [5.41, 5.74) is 2.25. The van der Waals surface area contributed by atoms with E-state index >= 15 is 0 Å². The van der Waals surface area contributed by atoms with Gasteiger partial charge in [0.05, 0.1) is 36.7 Å². The molecule has 0 aliphatic carbocycles. The Morgan fingerprint density at radius 2 is 1.86 bits per heavy atom. The maximum atomic E-state index is 12.4. The second-order valence-electron chi connectivity index (χ2n) is 7.27. The molecule has 9 heteroatoms. The van der Waals surface area contributed by atoms with Gasteiger partial charge in [-0.05, 0) is 18.2 Å². The molecule has 0 atom stereocenters. The minimum absolute atomic E-state index is 0.00473. The molecule has 1 fully saturated rings. The summed E-state index contributed by atoms with van der Waals surface area (Å²) in [4.78, 5) is 37.6. The van der Waals surface area contributed by atoms with Crippen LogP contribution in [0.5, 0.6) is 0 Å². The van der Waals surface area contributed by atoms with E-state index < -0.39 is 0 Å². The van der Waals surface area contributed by atoms with Gasteiger partial charge in [-0.15, -0.1) is 0 Å². The van der Waals surface area contributed by atoms with Gasteiger partial charge in [-0.2, -0.15) is 0 Å². The molecule has 1 N–H and O–H groups in total. The van der Waals surface area contributed by atoms with E-state index in [-0.39, 0.29) is 24.3 Å². The fourth-order valence-electron chi connectivity index (χ4n) is 3.68. The van der Waals surface area contributed by atoms with E-state index in [9.17, 15) is 9.59 Å². The van der Waals surface area contributed by atoms with E-state index in [0.717, 1.165) is 31.9 Å². The molecule has 1 aliphatic heterocycles. The number of fused-ring (bicyclic) bond motifs is 1. The van der Waals surface area contributed by atoms with Crippen LogP contribution in [0, 0.1) is 0 Å². The maximum absolute atomic E-state index is 12.4. The van der Waals surface area contributed by atoms with Crippen molar-refractivity contribution >= 4 is 16.6 Å². The fraction of sp³-hybridized carbons (Fsp3) is 0.400. The van der Waals surface area contributed by atoms with Crippen LogP contribution in [0.15, 0.2) is 46.6 Å². The van der Waals surface area contributed by atoms with Crippen LogP contribution in [0.4, 0.5) is 5.69 Å². The number of aliphatic hydroxyl groups is 1. The highest BCUT2D eigenvalue weighted by Crippen LogP contribution is 2.20. The van der Waals surface area contributed by atoms with Crippen LogP contribution < -0.4 is 16.0 Å². The number of aliphatic hydroxyl groups excluding tert-OH is 1. The average molecular weight is 396 g/mol. The number of anilines is 1. The summed E-state index contributed by atoms with van der Waals surface area (Å²) < 4.78 is 2.92. The van der Waals surface area contributed by atoms with E-state index in [4.69, 9.17) is 5.11 Å². The largest absolute Gasteiger partial charge is 0.395 e. The molecule has 3 aromatic rings. The molecule has 2 aromatic heterocycles. The van der Waals surface area contributed by atoms with E-state index in [1.165, 1.54) is 21.8 Å². The number of rotatable bonds is 5. The molecule has 0 saturated carbocycles. The van der Waals surface area contributed by atoms with Crippen molar-refractivity contribution < 1.29 is 5.11 Å². The number of piperazine rings is 1. The number of nitrogens with zero attached hydrogens (tertiary/aromatic N) is 6. The van der Waals surface area contributed by atoms with Crippen LogP contribution >= 0.6 is 0 Å². The van der Waals surface area contributed by atoms with Crippen LogP contribution in [-0.2, 0) is 20.1 Å². The molecular weight excluding hydrogens is 372 g/mol. The zero-order valence-electron chi connectivity index (χ0n) is 16.4. The molecule has 0 radical (unpaired) electrons. The Balaban J connectivity index is 1.46. The van der Waals surface area contributed by atoms with E-state index in [2.05, 4.69) is 19.8 Å². The van der Waals surface area contributed by atoms with Crippen molar-refractivity contribution in [2.24, 2.45) is 7.05 Å². The summed E-state index contributed by atoms with van der Waals surface area (Å²) >= 11 is 0. The summed E-state index contributed by atoms with van der Waals surface area (Å²) in [6.45, 7) is 4.06. The third-order valence-corrected chi connectivity index (χ3v) is 5.35. The van der Waals surface area contributed by atoms with Gasteiger partial charge in [-0.1, -0.05) is 0 Å². The second kappa shape index (κ2) is 8.14. The van der Waals surface area contributed by atoms with E-state index in [1.807, 2.05) is 12.1 Å². The summed E-state index contributed by atoms with van der Waals surface area (Å²) in [6, 6.07) is 5.69. The van der Waals surface area contributed by atoms with Crippen molar-refractivity contribution in [2.75, 3.05) is 37.7 Å². The van der Waals surface area contributed by atoms with Gasteiger partial charge in [0.15, 0.2) is 0 Å². The third-order valence-electron chi connectivity index (χ3n) is 5.35. The van der Waals surface area contributed by atoms with Gasteiger partial charge in [0.1, 0.15) is 0 Å². The van der Waals surface area contributed by atoms with E-state index in [1.54, 1.807) is 19.3 Å². The standard InChI is InChI=1S/C20H24N6O3/c1-23-13-21-11-15(19(23)28)12-24-4-6-25(7-5-24)16-2-3-17-18(10-16)22-14-26(8-9-27)20(17)29/h2-3,10-11,13-14,27H,4-9,12H2,1H3. The Morgan fingerprint density at radius 1 is 1.07 bits per heavy atom. The molecular formula is C20H24N6O3. The number of hydrogen-bond donors (Lipinski definition) is 1. The predicted octanol–water partition coefficient (Wildman–Crippen LogP) is -0.195. The van der Waals surface area contributed by atoms with Crippen molar-refractivity contribution in [2.45, 2.75) is 13.1 Å². The van der Waals surface area contributed by atoms with Crippen molar-refractivity contribution in [1.82, 2.24) is 24.0 Å². The molecule has 0 spiro atoms. The van der Waals surface area contributed by atoms with Crippen molar-refractivity contribution in [1.29, 1.82) is 0 Å². The second-order valence-corrected chi connectivity index (χ2v) is 7.27. The summed E-state index contributed by atoms with van der Waals surface area (Å²) in [6.07, 6.45) is 4.65. The topological polar surface area (TPSA) is 96.5 Å². The average Bonchev–Trinajstić information content (AvgIpc) is 2.74. The maximum Gasteiger partial charge on any atom is 0.261 e. The van der Waals surface area contributed by atoms with Crippen LogP contribution in [0.2, 0.25) is 0 Å². The van der Waals surface area contributed by atoms with E-state index in [0.29, 0.717) is 23.0 Å². The molecule has 1 aromatic carbocycles. The van der Waals surface area contributed by atoms with Crippen LogP contribution in [0.25, 0.3) is 10.9 Å². The molecule has 4 rings (SSSR count). The molecule has 9 nitrogen and oxygen atoms in total. The molecule has 152 valence electrons. The highest BCUT2D eigenvalue weighted by molar-refractivity contribution is 5.81. The highest BCUT2D eigenvalue weighted by atomic mass is 16.3. The number of aromatic nitrogens is 4. The first-order valence-corrected chi connectivity index (χ1v) is 9.63. The molecule has 1 aliphatic rings. The van der Waals surface area contributed by atoms with Gasteiger partial charge >= 0.3 is 0 Å². The smallest absolute Gasteiger partial charge is 0.261 e. The van der Waals surface area contributed by atoms with Crippen molar-refractivity contribution in [3.8, 4) is 0 Å². The van der Waals surface area contributed by atoms with Gasteiger partial charge in [0, 0.05) is 57.2 Å². The highest BCUT2D eigenvalue weighted by Gasteiger charge is 2.19. The molecule has 0 bridgehead atoms. The van der Waals surface area contributed by atoms with Crippen LogP contribution in [0.1, 0.15) is 5.56 Å². The van der Waals surface area contributed by atoms with Gasteiger partial charge in [-0.25, -0.2) is 9.97 Å². The lowest BCUT2D eigenvalue weighted by atomic mass is 10.2. The minimum atomic E-state index is -0.140. The Morgan fingerprint density at radius 3 is 2.62 bits per heavy atom. The first-order valence-electron chi connectivity index (χ1n) is 9.63. The molecule has 1 saturated heterocycles. The van der Waals surface area contributed by atoms with Crippen molar-refractivity contribution in [3.05, 3.63) is 63.3 Å². The minimum Gasteiger partial charge on any atom is -0.395 e. The number of hydrogen-bond acceptors (Lipinski definition) is 7. The fourth-order valence-corrected chi connectivity index (χ4v) is 3.68. The lowest BCUT2D eigenvalue weighted by molar-refractivity contribution is 0.248. The van der Waals surface area contributed by atoms with Crippen LogP contribution in [-0.4, -0.2) is 61.9 Å². The summed E-state index contributed by atoms with van der Waals surface area (Å²) in [5, 5.41) is 9.61. The molecule has 0 amide bonds. The SMILES string of the molecule is Cn1cncc(CN2CCN(c3ccc4c(=O)n(CCO)cnc4c3)CC2)c1=O. The first-order chi connectivity index (χ1) is 14.1. The zero-order valence-corrected chi connectivity index (χ0v) is 16.4. The van der Waals surface area contributed by atoms with Gasteiger partial charge in [0.25, 0.3) is 11.1 Å². The molecule has 0 unspecified atom stereocenters. The van der Waals surface area contributed by atoms with Crippen LogP contribution in [0.3, 0.4) is 0 Å². The predicted molar refractivity (Wildman–Crippen MR) is 110 cm³/mol. The number of benzene rings is 1. The first kappa shape index (κ1) is 19.3. The molecule has 3 heterocycles. The van der Waals surface area contributed by atoms with Gasteiger partial charge < -0.3 is 14.6 Å². The lowest BCUT2D eigenvalue weighted by Gasteiger charge is -2.36. The van der Waals surface area contributed by atoms with Crippen molar-refractivity contribution in [3.63, 3.8) is 0 Å². The summed E-state index contributed by atoms with van der Waals surface area (Å²) in [7, 11) is 1.71. The Hall–Kier alpha value is -3.04. The third kappa shape index (κ3) is 3.92. The lowest BCUT2D eigenvalue weighted by Crippen LogP contribution is -2.46. The Labute approximate surface area is 167 Å². The van der Waals surface area contributed by atoms with Gasteiger partial charge in [-0.3, -0.25) is 19.1 Å². The molecule has 29 heavy (non-hydrogen) atoms. The van der Waals surface area contributed by atoms with Gasteiger partial charge in [0.2, 0.25) is 0 Å². The number of aryl methyl sites for hydroxylation is 1. The normalized spacial score (nSPS) is 15.2.